The molecule has 3 heterocycles. The van der Waals surface area contributed by atoms with Gasteiger partial charge in [0.15, 0.2) is 11.6 Å². The minimum Gasteiger partial charge on any atom is -0.333 e. The molecule has 1 amide bonds. The molecular formula is C27H22BrClF2N4O. The molecule has 0 aliphatic carbocycles. The minimum absolute atomic E-state index is 0.191. The summed E-state index contributed by atoms with van der Waals surface area (Å²) in [4.78, 5) is 19.5. The van der Waals surface area contributed by atoms with Gasteiger partial charge < -0.3 is 5.32 Å². The van der Waals surface area contributed by atoms with Crippen LogP contribution in [-0.4, -0.2) is 33.6 Å². The van der Waals surface area contributed by atoms with E-state index in [1.54, 1.807) is 29.0 Å². The van der Waals surface area contributed by atoms with Crippen molar-refractivity contribution in [1.82, 2.24) is 19.8 Å². The summed E-state index contributed by atoms with van der Waals surface area (Å²) in [5, 5.41) is 4.41. The van der Waals surface area contributed by atoms with Gasteiger partial charge in [0.1, 0.15) is 5.15 Å². The zero-order valence-corrected chi connectivity index (χ0v) is 21.5. The molecule has 36 heavy (non-hydrogen) atoms. The SMILES string of the molecule is O=C(NCc1ccnc(Cl)c1)n1c2c(c3cc(Br)ccc31)CN(CC=Cc1ccc(F)c(F)c1)CC2. The van der Waals surface area contributed by atoms with Crippen molar-refractivity contribution in [3.63, 3.8) is 0 Å². The topological polar surface area (TPSA) is 50.2 Å². The van der Waals surface area contributed by atoms with Crippen molar-refractivity contribution in [3.05, 3.63) is 104 Å². The largest absolute Gasteiger partial charge is 0.333 e. The molecule has 5 nitrogen and oxygen atoms in total. The molecule has 184 valence electrons. The molecule has 0 bridgehead atoms. The van der Waals surface area contributed by atoms with Crippen molar-refractivity contribution >= 4 is 50.5 Å². The summed E-state index contributed by atoms with van der Waals surface area (Å²) in [6, 6.07) is 13.1. The Morgan fingerprint density at radius 1 is 1.14 bits per heavy atom. The van der Waals surface area contributed by atoms with Crippen LogP contribution in [0.4, 0.5) is 13.6 Å². The first-order valence-corrected chi connectivity index (χ1v) is 12.6. The van der Waals surface area contributed by atoms with E-state index in [0.717, 1.165) is 44.8 Å². The van der Waals surface area contributed by atoms with Crippen LogP contribution in [0.2, 0.25) is 5.15 Å². The second-order valence-electron chi connectivity index (χ2n) is 8.63. The highest BCUT2D eigenvalue weighted by atomic mass is 79.9. The first-order valence-electron chi connectivity index (χ1n) is 11.4. The summed E-state index contributed by atoms with van der Waals surface area (Å²) < 4.78 is 29.4. The number of nitrogens with one attached hydrogen (secondary N) is 1. The number of halogens is 4. The number of nitrogens with zero attached hydrogens (tertiary/aromatic N) is 3. The number of aromatic nitrogens is 2. The van der Waals surface area contributed by atoms with Gasteiger partial charge in [0.2, 0.25) is 0 Å². The summed E-state index contributed by atoms with van der Waals surface area (Å²) >= 11 is 9.53. The maximum atomic E-state index is 13.5. The molecule has 1 N–H and O–H groups in total. The summed E-state index contributed by atoms with van der Waals surface area (Å²) in [6.07, 6.45) is 6.05. The van der Waals surface area contributed by atoms with Crippen LogP contribution in [0, 0.1) is 11.6 Å². The van der Waals surface area contributed by atoms with Crippen LogP contribution in [0.25, 0.3) is 17.0 Å². The molecule has 0 fully saturated rings. The Labute approximate surface area is 220 Å². The first-order chi connectivity index (χ1) is 17.4. The number of carbonyl (C=O) groups excluding carboxylic acids is 1. The third-order valence-electron chi connectivity index (χ3n) is 6.24. The minimum atomic E-state index is -0.858. The number of carbonyl (C=O) groups is 1. The van der Waals surface area contributed by atoms with E-state index < -0.39 is 11.6 Å². The number of pyridine rings is 1. The van der Waals surface area contributed by atoms with Crippen LogP contribution in [0.1, 0.15) is 22.4 Å². The van der Waals surface area contributed by atoms with Crippen LogP contribution in [0.15, 0.2) is 65.3 Å². The molecule has 5 rings (SSSR count). The molecule has 4 aromatic rings. The second-order valence-corrected chi connectivity index (χ2v) is 9.93. The maximum Gasteiger partial charge on any atom is 0.326 e. The molecule has 1 aliphatic rings. The smallest absolute Gasteiger partial charge is 0.326 e. The fourth-order valence-electron chi connectivity index (χ4n) is 4.54. The normalized spacial score (nSPS) is 13.9. The lowest BCUT2D eigenvalue weighted by atomic mass is 10.0. The lowest BCUT2D eigenvalue weighted by Crippen LogP contribution is -2.34. The van der Waals surface area contributed by atoms with E-state index in [1.165, 1.54) is 6.07 Å². The van der Waals surface area contributed by atoms with Crippen molar-refractivity contribution in [3.8, 4) is 0 Å². The van der Waals surface area contributed by atoms with Gasteiger partial charge in [-0.1, -0.05) is 45.7 Å². The summed E-state index contributed by atoms with van der Waals surface area (Å²) in [5.74, 6) is -1.71. The number of amides is 1. The van der Waals surface area contributed by atoms with Crippen molar-refractivity contribution < 1.29 is 13.6 Å². The third kappa shape index (κ3) is 5.21. The number of hydrogen-bond acceptors (Lipinski definition) is 3. The van der Waals surface area contributed by atoms with Crippen molar-refractivity contribution in [2.45, 2.75) is 19.5 Å². The highest BCUT2D eigenvalue weighted by Gasteiger charge is 2.26. The molecule has 0 spiro atoms. The molecule has 1 aliphatic heterocycles. The van der Waals surface area contributed by atoms with Gasteiger partial charge in [0.25, 0.3) is 0 Å². The third-order valence-corrected chi connectivity index (χ3v) is 6.94. The highest BCUT2D eigenvalue weighted by molar-refractivity contribution is 9.10. The Morgan fingerprint density at radius 2 is 2.00 bits per heavy atom. The van der Waals surface area contributed by atoms with Gasteiger partial charge >= 0.3 is 6.03 Å². The van der Waals surface area contributed by atoms with E-state index in [2.05, 4.69) is 31.1 Å². The number of rotatable bonds is 5. The standard InChI is InChI=1S/C27H22BrClF2N4O/c28-19-4-6-24-20(14-19)21-16-34(10-1-2-17-3-5-22(30)23(31)12-17)11-8-25(21)35(24)27(36)33-15-18-7-9-32-26(29)13-18/h1-7,9,12-14H,8,10-11,15-16H2,(H,33,36). The first kappa shape index (κ1) is 24.6. The van der Waals surface area contributed by atoms with E-state index in [9.17, 15) is 13.6 Å². The van der Waals surface area contributed by atoms with Crippen LogP contribution in [0.3, 0.4) is 0 Å². The van der Waals surface area contributed by atoms with Gasteiger partial charge in [-0.15, -0.1) is 0 Å². The van der Waals surface area contributed by atoms with Crippen molar-refractivity contribution in [1.29, 1.82) is 0 Å². The van der Waals surface area contributed by atoms with Crippen LogP contribution >= 0.6 is 27.5 Å². The van der Waals surface area contributed by atoms with Crippen molar-refractivity contribution in [2.24, 2.45) is 0 Å². The molecule has 0 saturated carbocycles. The Kier molecular flexibility index (Phi) is 7.18. The number of fused-ring (bicyclic) bond motifs is 3. The van der Waals surface area contributed by atoms with Gasteiger partial charge in [-0.05, 0) is 59.2 Å². The fraction of sp³-hybridized carbons (Fsp3) is 0.185. The lowest BCUT2D eigenvalue weighted by Gasteiger charge is -2.27. The molecule has 2 aromatic carbocycles. The number of hydrogen-bond donors (Lipinski definition) is 1. The zero-order chi connectivity index (χ0) is 25.2. The van der Waals surface area contributed by atoms with Crippen LogP contribution in [0.5, 0.6) is 0 Å². The summed E-state index contributed by atoms with van der Waals surface area (Å²) in [6.45, 7) is 2.42. The van der Waals surface area contributed by atoms with Gasteiger partial charge in [0.05, 0.1) is 5.52 Å². The van der Waals surface area contributed by atoms with Crippen LogP contribution < -0.4 is 5.32 Å². The van der Waals surface area contributed by atoms with E-state index in [-0.39, 0.29) is 6.03 Å². The second kappa shape index (κ2) is 10.5. The van der Waals surface area contributed by atoms with Gasteiger partial charge in [-0.2, -0.15) is 0 Å². The average Bonchev–Trinajstić information content (AvgIpc) is 3.18. The molecular weight excluding hydrogens is 550 g/mol. The van der Waals surface area contributed by atoms with E-state index in [4.69, 9.17) is 11.6 Å². The summed E-state index contributed by atoms with van der Waals surface area (Å²) in [7, 11) is 0. The quantitative estimate of drug-likeness (QED) is 0.276. The molecule has 2 aromatic heterocycles. The zero-order valence-electron chi connectivity index (χ0n) is 19.1. The average molecular weight is 572 g/mol. The van der Waals surface area contributed by atoms with Gasteiger partial charge in [0, 0.05) is 54.3 Å². The Bertz CT molecular complexity index is 1490. The van der Waals surface area contributed by atoms with E-state index in [1.807, 2.05) is 30.3 Å². The Hall–Kier alpha value is -3.07. The van der Waals surface area contributed by atoms with Gasteiger partial charge in [-0.25, -0.2) is 18.6 Å². The van der Waals surface area contributed by atoms with E-state index in [0.29, 0.717) is 36.8 Å². The van der Waals surface area contributed by atoms with Gasteiger partial charge in [-0.3, -0.25) is 9.47 Å². The maximum absolute atomic E-state index is 13.5. The lowest BCUT2D eigenvalue weighted by molar-refractivity contribution is 0.240. The Morgan fingerprint density at radius 3 is 2.81 bits per heavy atom. The highest BCUT2D eigenvalue weighted by Crippen LogP contribution is 2.33. The molecule has 9 heteroatoms. The number of benzene rings is 2. The summed E-state index contributed by atoms with van der Waals surface area (Å²) in [5.41, 5.74) is 4.44. The Balaban J connectivity index is 1.36. The predicted molar refractivity (Wildman–Crippen MR) is 141 cm³/mol. The fourth-order valence-corrected chi connectivity index (χ4v) is 5.10. The predicted octanol–water partition coefficient (Wildman–Crippen LogP) is 6.56. The molecule has 0 radical (unpaired) electrons. The van der Waals surface area contributed by atoms with E-state index >= 15 is 0 Å². The van der Waals surface area contributed by atoms with Crippen molar-refractivity contribution in [2.75, 3.05) is 13.1 Å². The molecule has 0 atom stereocenters. The van der Waals surface area contributed by atoms with Crippen LogP contribution in [-0.2, 0) is 19.5 Å². The monoisotopic (exact) mass is 570 g/mol. The molecule has 0 saturated heterocycles. The molecule has 0 unspecified atom stereocenters.